The number of halogens is 2. The van der Waals surface area contributed by atoms with Crippen molar-refractivity contribution in [3.8, 4) is 0 Å². The number of rotatable bonds is 3. The Labute approximate surface area is 200 Å². The van der Waals surface area contributed by atoms with Crippen LogP contribution in [-0.2, 0) is 9.53 Å². The predicted molar refractivity (Wildman–Crippen MR) is 127 cm³/mol. The zero-order chi connectivity index (χ0) is 22.6. The van der Waals surface area contributed by atoms with Gasteiger partial charge in [0.25, 0.3) is 0 Å². The quantitative estimate of drug-likeness (QED) is 0.515. The highest BCUT2D eigenvalue weighted by molar-refractivity contribution is 6.42. The number of nitrogens with zero attached hydrogens (tertiary/aromatic N) is 2. The monoisotopic (exact) mass is 478 g/mol. The van der Waals surface area contributed by atoms with Crippen molar-refractivity contribution in [3.05, 3.63) is 39.9 Å². The number of fused-ring (bicyclic) bond motifs is 2. The minimum absolute atomic E-state index is 0.127. The van der Waals surface area contributed by atoms with Crippen LogP contribution in [0, 0.1) is 23.2 Å². The highest BCUT2D eigenvalue weighted by Gasteiger charge is 2.59. The third-order valence-corrected chi connectivity index (χ3v) is 9.40. The van der Waals surface area contributed by atoms with Gasteiger partial charge in [-0.15, -0.1) is 0 Å². The molecule has 1 aromatic carbocycles. The van der Waals surface area contributed by atoms with Gasteiger partial charge in [-0.3, -0.25) is 9.69 Å². The van der Waals surface area contributed by atoms with E-state index in [1.807, 2.05) is 18.2 Å². The van der Waals surface area contributed by atoms with E-state index in [0.717, 1.165) is 51.1 Å². The molecule has 0 unspecified atom stereocenters. The predicted octanol–water partition coefficient (Wildman–Crippen LogP) is 4.40. The van der Waals surface area contributed by atoms with Crippen molar-refractivity contribution in [2.24, 2.45) is 23.2 Å². The van der Waals surface area contributed by atoms with Crippen LogP contribution in [0.15, 0.2) is 29.8 Å². The molecule has 1 N–H and O–H groups in total. The van der Waals surface area contributed by atoms with E-state index in [1.54, 1.807) is 0 Å². The van der Waals surface area contributed by atoms with E-state index in [0.29, 0.717) is 22.5 Å². The lowest BCUT2D eigenvalue weighted by atomic mass is 9.55. The van der Waals surface area contributed by atoms with Crippen LogP contribution in [0.25, 0.3) is 0 Å². The second-order valence-electron chi connectivity index (χ2n) is 10.2. The van der Waals surface area contributed by atoms with Gasteiger partial charge in [0, 0.05) is 56.2 Å². The van der Waals surface area contributed by atoms with Gasteiger partial charge in [0.05, 0.1) is 22.1 Å². The van der Waals surface area contributed by atoms with Crippen LogP contribution in [0.2, 0.25) is 10.0 Å². The number of hydrogen-bond donors (Lipinski definition) is 1. The Bertz CT molecular complexity index is 930. The Morgan fingerprint density at radius 3 is 2.66 bits per heavy atom. The van der Waals surface area contributed by atoms with Crippen LogP contribution in [-0.4, -0.2) is 60.9 Å². The first-order valence-corrected chi connectivity index (χ1v) is 12.5. The molecule has 5 rings (SSSR count). The number of aliphatic hydroxyl groups is 1. The average Bonchev–Trinajstić information content (AvgIpc) is 3.08. The fourth-order valence-corrected chi connectivity index (χ4v) is 6.71. The average molecular weight is 479 g/mol. The number of ether oxygens (including phenoxy) is 1. The number of piperazine rings is 1. The number of anilines is 1. The largest absolute Gasteiger partial charge is 0.461 e. The van der Waals surface area contributed by atoms with E-state index in [9.17, 15) is 9.90 Å². The standard InChI is InChI=1S/C25H32Cl2N2O3/c1-15-4-3-5-16-12-21-22(23(30)25(15,16)2)18(24(31)32-21)14-28-8-10-29(11-9-28)17-6-7-19(26)20(27)13-17/h5-7,13,15,18,21-23,30H,3-4,8-12,14H2,1-2H3/t15-,18-,21-,22-,23+,25-/m1/s1. The molecule has 1 aromatic rings. The molecule has 0 bridgehead atoms. The minimum Gasteiger partial charge on any atom is -0.461 e. The van der Waals surface area contributed by atoms with E-state index < -0.39 is 6.10 Å². The number of allylic oxidation sites excluding steroid dienone is 1. The van der Waals surface area contributed by atoms with Crippen molar-refractivity contribution < 1.29 is 14.6 Å². The summed E-state index contributed by atoms with van der Waals surface area (Å²) in [5.74, 6) is -0.122. The molecule has 32 heavy (non-hydrogen) atoms. The summed E-state index contributed by atoms with van der Waals surface area (Å²) in [5.41, 5.74) is 2.10. The molecule has 2 aliphatic heterocycles. The fourth-order valence-electron chi connectivity index (χ4n) is 6.42. The molecule has 2 saturated heterocycles. The summed E-state index contributed by atoms with van der Waals surface area (Å²) >= 11 is 12.2. The first-order chi connectivity index (χ1) is 15.3. The van der Waals surface area contributed by atoms with Crippen LogP contribution in [0.4, 0.5) is 5.69 Å². The summed E-state index contributed by atoms with van der Waals surface area (Å²) in [6.45, 7) is 8.52. The molecule has 7 heteroatoms. The van der Waals surface area contributed by atoms with Gasteiger partial charge in [0.2, 0.25) is 0 Å². The highest BCUT2D eigenvalue weighted by Crippen LogP contribution is 2.56. The minimum atomic E-state index is -0.545. The van der Waals surface area contributed by atoms with Crippen molar-refractivity contribution in [3.63, 3.8) is 0 Å². The van der Waals surface area contributed by atoms with Crippen molar-refractivity contribution >= 4 is 34.9 Å². The summed E-state index contributed by atoms with van der Waals surface area (Å²) < 4.78 is 5.83. The fraction of sp³-hybridized carbons (Fsp3) is 0.640. The van der Waals surface area contributed by atoms with Crippen LogP contribution in [0.5, 0.6) is 0 Å². The molecule has 6 atom stereocenters. The Kier molecular flexibility index (Phi) is 5.98. The number of aliphatic hydroxyl groups excluding tert-OH is 1. The topological polar surface area (TPSA) is 53.0 Å². The lowest BCUT2D eigenvalue weighted by Crippen LogP contribution is -2.55. The number of esters is 1. The molecule has 0 amide bonds. The Balaban J connectivity index is 1.27. The highest BCUT2D eigenvalue weighted by atomic mass is 35.5. The van der Waals surface area contributed by atoms with Gasteiger partial charge in [-0.1, -0.05) is 48.7 Å². The molecule has 2 heterocycles. The van der Waals surface area contributed by atoms with Crippen molar-refractivity contribution in [1.29, 1.82) is 0 Å². The third kappa shape index (κ3) is 3.66. The molecule has 0 radical (unpaired) electrons. The van der Waals surface area contributed by atoms with Crippen LogP contribution < -0.4 is 4.90 Å². The molecule has 1 saturated carbocycles. The lowest BCUT2D eigenvalue weighted by molar-refractivity contribution is -0.145. The van der Waals surface area contributed by atoms with E-state index in [1.165, 1.54) is 5.57 Å². The second-order valence-corrected chi connectivity index (χ2v) is 11.0. The zero-order valence-electron chi connectivity index (χ0n) is 18.8. The van der Waals surface area contributed by atoms with E-state index >= 15 is 0 Å². The normalized spacial score (nSPS) is 37.5. The molecule has 4 aliphatic rings. The first kappa shape index (κ1) is 22.5. The van der Waals surface area contributed by atoms with Gasteiger partial charge in [0.15, 0.2) is 0 Å². The lowest BCUT2D eigenvalue weighted by Gasteiger charge is -2.52. The van der Waals surface area contributed by atoms with Crippen molar-refractivity contribution in [1.82, 2.24) is 4.90 Å². The first-order valence-electron chi connectivity index (χ1n) is 11.8. The molecular weight excluding hydrogens is 447 g/mol. The van der Waals surface area contributed by atoms with E-state index in [-0.39, 0.29) is 29.3 Å². The number of benzene rings is 1. The number of hydrogen-bond acceptors (Lipinski definition) is 5. The molecule has 0 spiro atoms. The van der Waals surface area contributed by atoms with Crippen molar-refractivity contribution in [2.75, 3.05) is 37.6 Å². The van der Waals surface area contributed by atoms with E-state index in [4.69, 9.17) is 27.9 Å². The Hall–Kier alpha value is -1.27. The molecule has 0 aromatic heterocycles. The van der Waals surface area contributed by atoms with Gasteiger partial charge in [-0.25, -0.2) is 0 Å². The number of carbonyl (C=O) groups is 1. The SMILES string of the molecule is C[C@@H]1CCC=C2C[C@H]3OC(=O)[C@H](CN4CCN(c5ccc(Cl)c(Cl)c5)CC4)[C@H]3[C@H](O)[C@@]21C. The van der Waals surface area contributed by atoms with Gasteiger partial charge in [0.1, 0.15) is 6.10 Å². The Morgan fingerprint density at radius 1 is 1.19 bits per heavy atom. The Morgan fingerprint density at radius 2 is 1.94 bits per heavy atom. The molecule has 174 valence electrons. The summed E-state index contributed by atoms with van der Waals surface area (Å²) in [6, 6.07) is 5.74. The summed E-state index contributed by atoms with van der Waals surface area (Å²) in [5, 5.41) is 12.7. The zero-order valence-corrected chi connectivity index (χ0v) is 20.3. The smallest absolute Gasteiger partial charge is 0.311 e. The van der Waals surface area contributed by atoms with Gasteiger partial charge < -0.3 is 14.7 Å². The molecule has 2 aliphatic carbocycles. The van der Waals surface area contributed by atoms with Gasteiger partial charge in [-0.05, 0) is 37.0 Å². The maximum Gasteiger partial charge on any atom is 0.311 e. The maximum atomic E-state index is 12.9. The second kappa shape index (κ2) is 8.50. The summed E-state index contributed by atoms with van der Waals surface area (Å²) in [6.07, 6.45) is 4.46. The van der Waals surface area contributed by atoms with E-state index in [2.05, 4.69) is 29.7 Å². The van der Waals surface area contributed by atoms with Gasteiger partial charge in [-0.2, -0.15) is 0 Å². The molecular formula is C25H32Cl2N2O3. The molecule has 3 fully saturated rings. The summed E-state index contributed by atoms with van der Waals surface area (Å²) in [4.78, 5) is 17.5. The number of carbonyl (C=O) groups excluding carboxylic acids is 1. The summed E-state index contributed by atoms with van der Waals surface area (Å²) in [7, 11) is 0. The van der Waals surface area contributed by atoms with Gasteiger partial charge >= 0.3 is 5.97 Å². The van der Waals surface area contributed by atoms with Crippen LogP contribution >= 0.6 is 23.2 Å². The van der Waals surface area contributed by atoms with Crippen molar-refractivity contribution in [2.45, 2.75) is 45.3 Å². The maximum absolute atomic E-state index is 12.9. The van der Waals surface area contributed by atoms with Crippen LogP contribution in [0.1, 0.15) is 33.1 Å². The van der Waals surface area contributed by atoms with Crippen LogP contribution in [0.3, 0.4) is 0 Å². The third-order valence-electron chi connectivity index (χ3n) is 8.67. The molecule has 5 nitrogen and oxygen atoms in total.